The predicted octanol–water partition coefficient (Wildman–Crippen LogP) is 4.99. The molecule has 1 atom stereocenters. The highest BCUT2D eigenvalue weighted by atomic mass is 35.5. The number of para-hydroxylation sites is 2. The van der Waals surface area contributed by atoms with E-state index >= 15 is 0 Å². The number of nitrogens with one attached hydrogen (secondary N) is 2. The van der Waals surface area contributed by atoms with Crippen LogP contribution in [0.4, 0.5) is 21.5 Å². The molecule has 1 heterocycles. The number of aryl methyl sites for hydroxylation is 1. The van der Waals surface area contributed by atoms with Gasteiger partial charge >= 0.3 is 0 Å². The van der Waals surface area contributed by atoms with Crippen LogP contribution >= 0.6 is 23.2 Å². The number of sulfonamides is 1. The largest absolute Gasteiger partial charge is 0.326 e. The Kier molecular flexibility index (Phi) is 6.53. The highest BCUT2D eigenvalue weighted by molar-refractivity contribution is 7.93. The number of anilines is 3. The van der Waals surface area contributed by atoms with Crippen molar-refractivity contribution in [3.63, 3.8) is 0 Å². The van der Waals surface area contributed by atoms with Crippen molar-refractivity contribution >= 4 is 62.1 Å². The average Bonchev–Trinajstić information content (AvgIpc) is 2.76. The van der Waals surface area contributed by atoms with E-state index in [0.29, 0.717) is 5.56 Å². The zero-order valence-corrected chi connectivity index (χ0v) is 20.0. The summed E-state index contributed by atoms with van der Waals surface area (Å²) >= 11 is 12.0. The Morgan fingerprint density at radius 1 is 1.09 bits per heavy atom. The van der Waals surface area contributed by atoms with Crippen LogP contribution in [-0.4, -0.2) is 26.3 Å². The topological polar surface area (TPSA) is 95.6 Å². The molecule has 1 aliphatic rings. The summed E-state index contributed by atoms with van der Waals surface area (Å²) in [6, 6.07) is 12.6. The molecule has 0 bridgehead atoms. The van der Waals surface area contributed by atoms with Crippen molar-refractivity contribution in [2.45, 2.75) is 24.3 Å². The molecule has 11 heteroatoms. The molecule has 0 aliphatic carbocycles. The quantitative estimate of drug-likeness (QED) is 0.494. The van der Waals surface area contributed by atoms with Gasteiger partial charge in [0, 0.05) is 15.7 Å². The van der Waals surface area contributed by atoms with Crippen LogP contribution in [0.2, 0.25) is 10.0 Å². The fourth-order valence-corrected chi connectivity index (χ4v) is 5.99. The van der Waals surface area contributed by atoms with Crippen molar-refractivity contribution in [1.29, 1.82) is 0 Å². The first-order valence-corrected chi connectivity index (χ1v) is 12.2. The lowest BCUT2D eigenvalue weighted by molar-refractivity contribution is -0.122. The van der Waals surface area contributed by atoms with E-state index in [-0.39, 0.29) is 32.0 Å². The fourth-order valence-electron chi connectivity index (χ4n) is 3.63. The number of rotatable bonds is 5. The molecule has 4 rings (SSSR count). The zero-order valence-electron chi connectivity index (χ0n) is 17.7. The second kappa shape index (κ2) is 9.25. The number of hydrogen-bond acceptors (Lipinski definition) is 4. The molecular formula is C23H18Cl2FN3O4S. The molecule has 0 radical (unpaired) electrons. The van der Waals surface area contributed by atoms with Crippen LogP contribution in [0.5, 0.6) is 0 Å². The Hall–Kier alpha value is -3.14. The van der Waals surface area contributed by atoms with Gasteiger partial charge in [0.25, 0.3) is 10.0 Å². The first-order chi connectivity index (χ1) is 16.1. The first-order valence-electron chi connectivity index (χ1n) is 10.0. The zero-order chi connectivity index (χ0) is 24.6. The summed E-state index contributed by atoms with van der Waals surface area (Å²) in [7, 11) is -4.37. The number of nitrogens with zero attached hydrogens (tertiary/aromatic N) is 1. The van der Waals surface area contributed by atoms with Crippen molar-refractivity contribution in [3.05, 3.63) is 82.1 Å². The van der Waals surface area contributed by atoms with E-state index in [1.165, 1.54) is 36.4 Å². The number of halogens is 3. The molecule has 3 aromatic carbocycles. The average molecular weight is 522 g/mol. The Labute approximate surface area is 205 Å². The summed E-state index contributed by atoms with van der Waals surface area (Å²) in [5, 5.41) is 5.38. The Balaban J connectivity index is 1.75. The Morgan fingerprint density at radius 2 is 1.76 bits per heavy atom. The number of amides is 2. The van der Waals surface area contributed by atoms with Crippen LogP contribution in [0.3, 0.4) is 0 Å². The lowest BCUT2D eigenvalue weighted by atomic mass is 10.1. The predicted molar refractivity (Wildman–Crippen MR) is 129 cm³/mol. The third-order valence-corrected chi connectivity index (χ3v) is 7.47. The van der Waals surface area contributed by atoms with Crippen LogP contribution in [0.15, 0.2) is 65.6 Å². The smallest absolute Gasteiger partial charge is 0.265 e. The Morgan fingerprint density at radius 3 is 2.47 bits per heavy atom. The first kappa shape index (κ1) is 24.0. The number of carbonyl (C=O) groups excluding carboxylic acids is 2. The van der Waals surface area contributed by atoms with Crippen molar-refractivity contribution in [1.82, 2.24) is 0 Å². The molecule has 1 unspecified atom stereocenters. The molecule has 2 N–H and O–H groups in total. The number of benzene rings is 3. The number of carbonyl (C=O) groups is 2. The summed E-state index contributed by atoms with van der Waals surface area (Å²) in [4.78, 5) is 25.6. The molecule has 0 saturated heterocycles. The van der Waals surface area contributed by atoms with Gasteiger partial charge in [-0.05, 0) is 55.0 Å². The van der Waals surface area contributed by atoms with Crippen LogP contribution in [0.1, 0.15) is 12.0 Å². The van der Waals surface area contributed by atoms with Gasteiger partial charge in [0.05, 0.1) is 22.7 Å². The Bertz CT molecular complexity index is 1390. The van der Waals surface area contributed by atoms with Crippen molar-refractivity contribution in [3.8, 4) is 0 Å². The summed E-state index contributed by atoms with van der Waals surface area (Å²) < 4.78 is 41.9. The second-order valence-electron chi connectivity index (χ2n) is 7.64. The minimum atomic E-state index is -4.37. The standard InChI is InChI=1S/C23H18Cl2FN3O4S/c1-13-6-7-16(26)11-19(13)27-22(30)12-21-23(31)28-18-4-2-3-5-20(18)29(21)34(32,33)17-9-14(24)8-15(25)10-17/h2-11,21H,12H2,1H3,(H,27,30)(H,28,31). The maximum absolute atomic E-state index is 13.7. The molecule has 0 fully saturated rings. The van der Waals surface area contributed by atoms with Gasteiger partial charge in [-0.25, -0.2) is 12.8 Å². The molecule has 0 spiro atoms. The van der Waals surface area contributed by atoms with E-state index in [1.807, 2.05) is 0 Å². The lowest BCUT2D eigenvalue weighted by Crippen LogP contribution is -2.52. The van der Waals surface area contributed by atoms with Gasteiger partial charge in [-0.2, -0.15) is 0 Å². The minimum absolute atomic E-state index is 0.0942. The monoisotopic (exact) mass is 521 g/mol. The normalized spacial score (nSPS) is 15.5. The third-order valence-electron chi connectivity index (χ3n) is 5.23. The SMILES string of the molecule is Cc1ccc(F)cc1NC(=O)CC1C(=O)Nc2ccccc2N1S(=O)(=O)c1cc(Cl)cc(Cl)c1. The van der Waals surface area contributed by atoms with Crippen molar-refractivity contribution in [2.75, 3.05) is 14.9 Å². The van der Waals surface area contributed by atoms with Gasteiger partial charge in [-0.3, -0.25) is 13.9 Å². The van der Waals surface area contributed by atoms with Crippen LogP contribution in [0, 0.1) is 12.7 Å². The number of fused-ring (bicyclic) bond motifs is 1. The van der Waals surface area contributed by atoms with Gasteiger partial charge in [-0.15, -0.1) is 0 Å². The molecule has 0 saturated carbocycles. The van der Waals surface area contributed by atoms with E-state index in [0.717, 1.165) is 10.4 Å². The van der Waals surface area contributed by atoms with Crippen LogP contribution in [0.25, 0.3) is 0 Å². The van der Waals surface area contributed by atoms with Crippen molar-refractivity contribution in [2.24, 2.45) is 0 Å². The summed E-state index contributed by atoms with van der Waals surface area (Å²) in [5.74, 6) is -1.91. The highest BCUT2D eigenvalue weighted by Crippen LogP contribution is 2.38. The molecule has 7 nitrogen and oxygen atoms in total. The van der Waals surface area contributed by atoms with E-state index < -0.39 is 40.1 Å². The van der Waals surface area contributed by atoms with Crippen LogP contribution in [-0.2, 0) is 19.6 Å². The van der Waals surface area contributed by atoms with E-state index in [2.05, 4.69) is 10.6 Å². The van der Waals surface area contributed by atoms with Gasteiger partial charge < -0.3 is 10.6 Å². The summed E-state index contributed by atoms with van der Waals surface area (Å²) in [5.41, 5.74) is 1.27. The summed E-state index contributed by atoms with van der Waals surface area (Å²) in [6.45, 7) is 1.68. The maximum Gasteiger partial charge on any atom is 0.265 e. The van der Waals surface area contributed by atoms with Crippen LogP contribution < -0.4 is 14.9 Å². The van der Waals surface area contributed by atoms with Crippen molar-refractivity contribution < 1.29 is 22.4 Å². The van der Waals surface area contributed by atoms with Gasteiger partial charge in [0.2, 0.25) is 11.8 Å². The molecule has 3 aromatic rings. The highest BCUT2D eigenvalue weighted by Gasteiger charge is 2.42. The molecule has 1 aliphatic heterocycles. The molecule has 0 aromatic heterocycles. The van der Waals surface area contributed by atoms with E-state index in [1.54, 1.807) is 25.1 Å². The van der Waals surface area contributed by atoms with E-state index in [9.17, 15) is 22.4 Å². The maximum atomic E-state index is 13.7. The van der Waals surface area contributed by atoms with Gasteiger partial charge in [0.1, 0.15) is 11.9 Å². The van der Waals surface area contributed by atoms with E-state index in [4.69, 9.17) is 23.2 Å². The molecule has 176 valence electrons. The lowest BCUT2D eigenvalue weighted by Gasteiger charge is -2.36. The minimum Gasteiger partial charge on any atom is -0.326 e. The molecular weight excluding hydrogens is 504 g/mol. The molecule has 2 amide bonds. The third kappa shape index (κ3) is 4.72. The van der Waals surface area contributed by atoms with Gasteiger partial charge in [-0.1, -0.05) is 41.4 Å². The number of hydrogen-bond donors (Lipinski definition) is 2. The molecule has 34 heavy (non-hydrogen) atoms. The summed E-state index contributed by atoms with van der Waals surface area (Å²) in [6.07, 6.45) is -0.524. The van der Waals surface area contributed by atoms with Gasteiger partial charge in [0.15, 0.2) is 0 Å². The fraction of sp³-hybridized carbons (Fsp3) is 0.130. The second-order valence-corrected chi connectivity index (χ2v) is 10.3.